The van der Waals surface area contributed by atoms with Crippen LogP contribution in [0.3, 0.4) is 0 Å². The first-order valence-electron chi connectivity index (χ1n) is 7.74. The van der Waals surface area contributed by atoms with Gasteiger partial charge in [-0.2, -0.15) is 5.10 Å². The number of benzene rings is 1. The molecule has 4 N–H and O–H groups in total. The van der Waals surface area contributed by atoms with Gasteiger partial charge in [-0.1, -0.05) is 23.7 Å². The summed E-state index contributed by atoms with van der Waals surface area (Å²) in [6, 6.07) is 10.7. The Hall–Kier alpha value is -1.85. The standard InChI is InChI=1S/C17H21ClN4O/c1-16(22-15(23)6-5-14(19)21-22)7-9-17(20,10-8-16)12-3-2-4-13(18)11-12/h2-6,11H,7-10,20H2,1H3,(H2,19,21). The third-order valence-corrected chi connectivity index (χ3v) is 5.19. The van der Waals surface area contributed by atoms with E-state index in [1.165, 1.54) is 16.8 Å². The van der Waals surface area contributed by atoms with Crippen molar-refractivity contribution in [2.75, 3.05) is 5.73 Å². The SMILES string of the molecule is CC1(n2nc(N)ccc2=O)CCC(N)(c2cccc(Cl)c2)CC1. The van der Waals surface area contributed by atoms with Crippen LogP contribution in [0.15, 0.2) is 41.2 Å². The van der Waals surface area contributed by atoms with Crippen molar-refractivity contribution in [2.24, 2.45) is 5.73 Å². The van der Waals surface area contributed by atoms with Gasteiger partial charge in [-0.15, -0.1) is 0 Å². The smallest absolute Gasteiger partial charge is 0.267 e. The lowest BCUT2D eigenvalue weighted by atomic mass is 9.70. The van der Waals surface area contributed by atoms with Crippen LogP contribution in [0.4, 0.5) is 5.82 Å². The summed E-state index contributed by atoms with van der Waals surface area (Å²) in [6.45, 7) is 2.04. The average molecular weight is 333 g/mol. The Bertz CT molecular complexity index is 778. The van der Waals surface area contributed by atoms with Crippen molar-refractivity contribution < 1.29 is 0 Å². The van der Waals surface area contributed by atoms with E-state index in [4.69, 9.17) is 23.1 Å². The number of rotatable bonds is 2. The first-order valence-corrected chi connectivity index (χ1v) is 8.12. The second-order valence-corrected chi connectivity index (χ2v) is 7.11. The van der Waals surface area contributed by atoms with Crippen molar-refractivity contribution in [1.82, 2.24) is 9.78 Å². The molecule has 0 aliphatic heterocycles. The number of nitrogen functional groups attached to an aromatic ring is 1. The van der Waals surface area contributed by atoms with Gasteiger partial charge in [-0.25, -0.2) is 4.68 Å². The van der Waals surface area contributed by atoms with Crippen LogP contribution in [0.1, 0.15) is 38.2 Å². The van der Waals surface area contributed by atoms with Crippen molar-refractivity contribution in [3.63, 3.8) is 0 Å². The highest BCUT2D eigenvalue weighted by Gasteiger charge is 2.41. The van der Waals surface area contributed by atoms with Gasteiger partial charge in [0.15, 0.2) is 0 Å². The molecule has 0 saturated heterocycles. The van der Waals surface area contributed by atoms with Gasteiger partial charge in [0, 0.05) is 16.6 Å². The lowest BCUT2D eigenvalue weighted by molar-refractivity contribution is 0.134. The zero-order valence-corrected chi connectivity index (χ0v) is 13.9. The van der Waals surface area contributed by atoms with Gasteiger partial charge in [0.2, 0.25) is 0 Å². The maximum absolute atomic E-state index is 12.1. The molecule has 1 saturated carbocycles. The Balaban J connectivity index is 1.87. The molecule has 1 fully saturated rings. The quantitative estimate of drug-likeness (QED) is 0.885. The topological polar surface area (TPSA) is 86.9 Å². The van der Waals surface area contributed by atoms with E-state index >= 15 is 0 Å². The fourth-order valence-electron chi connectivity index (χ4n) is 3.35. The highest BCUT2D eigenvalue weighted by Crippen LogP contribution is 2.42. The van der Waals surface area contributed by atoms with Gasteiger partial charge in [-0.3, -0.25) is 4.79 Å². The highest BCUT2D eigenvalue weighted by atomic mass is 35.5. The first-order chi connectivity index (χ1) is 10.8. The van der Waals surface area contributed by atoms with E-state index in [9.17, 15) is 4.79 Å². The molecule has 122 valence electrons. The molecule has 3 rings (SSSR count). The van der Waals surface area contributed by atoms with Gasteiger partial charge in [0.05, 0.1) is 5.54 Å². The fraction of sp³-hybridized carbons (Fsp3) is 0.412. The van der Waals surface area contributed by atoms with E-state index in [-0.39, 0.29) is 11.1 Å². The molecule has 6 heteroatoms. The average Bonchev–Trinajstić information content (AvgIpc) is 2.53. The third kappa shape index (κ3) is 2.99. The lowest BCUT2D eigenvalue weighted by Gasteiger charge is -2.43. The van der Waals surface area contributed by atoms with Gasteiger partial charge in [0.25, 0.3) is 5.56 Å². The summed E-state index contributed by atoms with van der Waals surface area (Å²) in [7, 11) is 0. The summed E-state index contributed by atoms with van der Waals surface area (Å²) in [6.07, 6.45) is 3.03. The zero-order valence-electron chi connectivity index (χ0n) is 13.1. The van der Waals surface area contributed by atoms with Crippen molar-refractivity contribution >= 4 is 17.4 Å². The molecular formula is C17H21ClN4O. The summed E-state index contributed by atoms with van der Waals surface area (Å²) in [5.74, 6) is 0.352. The molecule has 1 aliphatic rings. The first kappa shape index (κ1) is 16.0. The van der Waals surface area contributed by atoms with E-state index < -0.39 is 5.54 Å². The molecule has 1 heterocycles. The Labute approximate surface area is 140 Å². The molecule has 2 aromatic rings. The van der Waals surface area contributed by atoms with Crippen LogP contribution in [0.5, 0.6) is 0 Å². The second kappa shape index (κ2) is 5.65. The fourth-order valence-corrected chi connectivity index (χ4v) is 3.54. The molecule has 1 aromatic carbocycles. The van der Waals surface area contributed by atoms with Crippen LogP contribution in [0, 0.1) is 0 Å². The van der Waals surface area contributed by atoms with E-state index in [1.807, 2.05) is 31.2 Å². The lowest BCUT2D eigenvalue weighted by Crippen LogP contribution is -2.49. The van der Waals surface area contributed by atoms with Crippen LogP contribution in [0.2, 0.25) is 5.02 Å². The maximum atomic E-state index is 12.1. The predicted molar refractivity (Wildman–Crippen MR) is 92.3 cm³/mol. The van der Waals surface area contributed by atoms with E-state index in [0.717, 1.165) is 31.2 Å². The molecule has 1 aromatic heterocycles. The van der Waals surface area contributed by atoms with Crippen LogP contribution < -0.4 is 17.0 Å². The van der Waals surface area contributed by atoms with Crippen molar-refractivity contribution in [2.45, 2.75) is 43.7 Å². The monoisotopic (exact) mass is 332 g/mol. The van der Waals surface area contributed by atoms with Gasteiger partial charge >= 0.3 is 0 Å². The van der Waals surface area contributed by atoms with Crippen molar-refractivity contribution in [3.05, 3.63) is 57.3 Å². The summed E-state index contributed by atoms with van der Waals surface area (Å²) in [5.41, 5.74) is 12.5. The van der Waals surface area contributed by atoms with Crippen LogP contribution >= 0.6 is 11.6 Å². The van der Waals surface area contributed by atoms with Crippen LogP contribution in [-0.4, -0.2) is 9.78 Å². The number of aromatic nitrogens is 2. The molecular weight excluding hydrogens is 312 g/mol. The van der Waals surface area contributed by atoms with Crippen molar-refractivity contribution in [1.29, 1.82) is 0 Å². The number of nitrogens with zero attached hydrogens (tertiary/aromatic N) is 2. The summed E-state index contributed by atoms with van der Waals surface area (Å²) < 4.78 is 1.51. The van der Waals surface area contributed by atoms with Crippen LogP contribution in [-0.2, 0) is 11.1 Å². The Morgan fingerprint density at radius 2 is 1.87 bits per heavy atom. The van der Waals surface area contributed by atoms with Crippen LogP contribution in [0.25, 0.3) is 0 Å². The van der Waals surface area contributed by atoms with Crippen molar-refractivity contribution in [3.8, 4) is 0 Å². The largest absolute Gasteiger partial charge is 0.382 e. The molecule has 0 radical (unpaired) electrons. The molecule has 0 unspecified atom stereocenters. The number of anilines is 1. The van der Waals surface area contributed by atoms with E-state index in [2.05, 4.69) is 5.10 Å². The van der Waals surface area contributed by atoms with E-state index in [1.54, 1.807) is 0 Å². The molecule has 0 amide bonds. The molecule has 0 spiro atoms. The molecule has 0 atom stereocenters. The van der Waals surface area contributed by atoms with Gasteiger partial charge in [-0.05, 0) is 56.4 Å². The number of hydrogen-bond acceptors (Lipinski definition) is 4. The Morgan fingerprint density at radius 1 is 1.17 bits per heavy atom. The molecule has 1 aliphatic carbocycles. The summed E-state index contributed by atoms with van der Waals surface area (Å²) in [5, 5.41) is 4.91. The molecule has 5 nitrogen and oxygen atoms in total. The zero-order chi connectivity index (χ0) is 16.7. The number of hydrogen-bond donors (Lipinski definition) is 2. The van der Waals surface area contributed by atoms with E-state index in [0.29, 0.717) is 10.8 Å². The van der Waals surface area contributed by atoms with Gasteiger partial charge in [0.1, 0.15) is 5.82 Å². The minimum Gasteiger partial charge on any atom is -0.382 e. The minimum atomic E-state index is -0.422. The summed E-state index contributed by atoms with van der Waals surface area (Å²) >= 11 is 6.09. The summed E-state index contributed by atoms with van der Waals surface area (Å²) in [4.78, 5) is 12.1. The van der Waals surface area contributed by atoms with Gasteiger partial charge < -0.3 is 11.5 Å². The maximum Gasteiger partial charge on any atom is 0.267 e. The Kier molecular flexibility index (Phi) is 3.94. The molecule has 23 heavy (non-hydrogen) atoms. The highest BCUT2D eigenvalue weighted by molar-refractivity contribution is 6.30. The second-order valence-electron chi connectivity index (χ2n) is 6.67. The normalized spacial score (nSPS) is 27.8. The number of nitrogens with two attached hydrogens (primary N) is 2. The third-order valence-electron chi connectivity index (χ3n) is 4.95. The molecule has 0 bridgehead atoms. The Morgan fingerprint density at radius 3 is 2.52 bits per heavy atom. The number of halogens is 1. The predicted octanol–water partition coefficient (Wildman–Crippen LogP) is 2.62. The minimum absolute atomic E-state index is 0.131.